The molecule has 0 unspecified atom stereocenters. The lowest BCUT2D eigenvalue weighted by atomic mass is 9.89. The monoisotopic (exact) mass is 342 g/mol. The Morgan fingerprint density at radius 3 is 2.68 bits per heavy atom. The van der Waals surface area contributed by atoms with Gasteiger partial charge in [0, 0.05) is 12.5 Å². The van der Waals surface area contributed by atoms with Crippen LogP contribution in [0.3, 0.4) is 0 Å². The number of carbonyl (C=O) groups is 1. The molecule has 7 nitrogen and oxygen atoms in total. The fraction of sp³-hybridized carbons (Fsp3) is 0.667. The Labute approximate surface area is 147 Å². The molecular weight excluding hydrogens is 316 g/mol. The van der Waals surface area contributed by atoms with Gasteiger partial charge in [0.05, 0.1) is 18.1 Å². The summed E-state index contributed by atoms with van der Waals surface area (Å²) < 4.78 is 1.92. The molecule has 4 rings (SSSR count). The number of carbonyl (C=O) groups excluding carboxylic acids is 1. The van der Waals surface area contributed by atoms with E-state index >= 15 is 0 Å². The highest BCUT2D eigenvalue weighted by molar-refractivity contribution is 5.99. The Hall–Kier alpha value is -2.02. The minimum Gasteiger partial charge on any atom is -0.310 e. The van der Waals surface area contributed by atoms with Crippen molar-refractivity contribution in [3.63, 3.8) is 0 Å². The maximum Gasteiger partial charge on any atom is 0.228 e. The average Bonchev–Trinajstić information content (AvgIpc) is 3.31. The van der Waals surface area contributed by atoms with E-state index in [1.165, 1.54) is 38.7 Å². The van der Waals surface area contributed by atoms with Crippen molar-refractivity contribution in [3.8, 4) is 0 Å². The Morgan fingerprint density at radius 2 is 1.88 bits per heavy atom. The first-order valence-electron chi connectivity index (χ1n) is 9.51. The molecule has 0 radical (unpaired) electrons. The molecule has 0 bridgehead atoms. The van der Waals surface area contributed by atoms with Crippen LogP contribution in [0.1, 0.15) is 44.9 Å². The summed E-state index contributed by atoms with van der Waals surface area (Å²) in [6, 6.07) is 0. The molecule has 1 saturated heterocycles. The SMILES string of the molecule is O=C(Nc1ncnc2c1cnn2CCN1CCCC1)C1CCCCC1. The van der Waals surface area contributed by atoms with E-state index in [1.54, 1.807) is 6.20 Å². The highest BCUT2D eigenvalue weighted by Crippen LogP contribution is 2.26. The Balaban J connectivity index is 1.47. The van der Waals surface area contributed by atoms with E-state index in [9.17, 15) is 4.79 Å². The lowest BCUT2D eigenvalue weighted by Gasteiger charge is -2.20. The molecule has 1 amide bonds. The van der Waals surface area contributed by atoms with E-state index in [0.29, 0.717) is 5.82 Å². The highest BCUT2D eigenvalue weighted by Gasteiger charge is 2.22. The van der Waals surface area contributed by atoms with E-state index in [1.807, 2.05) is 4.68 Å². The van der Waals surface area contributed by atoms with Gasteiger partial charge in [0.2, 0.25) is 5.91 Å². The molecule has 134 valence electrons. The molecule has 1 aliphatic carbocycles. The third-order valence-corrected chi connectivity index (χ3v) is 5.48. The van der Waals surface area contributed by atoms with Gasteiger partial charge in [0.25, 0.3) is 0 Å². The van der Waals surface area contributed by atoms with Gasteiger partial charge in [-0.2, -0.15) is 5.10 Å². The van der Waals surface area contributed by atoms with Crippen molar-refractivity contribution in [1.29, 1.82) is 0 Å². The van der Waals surface area contributed by atoms with Crippen LogP contribution in [-0.4, -0.2) is 50.2 Å². The summed E-state index contributed by atoms with van der Waals surface area (Å²) in [6.07, 6.45) is 11.4. The quantitative estimate of drug-likeness (QED) is 0.903. The molecule has 0 aromatic carbocycles. The maximum atomic E-state index is 12.5. The van der Waals surface area contributed by atoms with Crippen LogP contribution in [0, 0.1) is 5.92 Å². The molecular formula is C18H26N6O. The second kappa shape index (κ2) is 7.47. The first-order chi connectivity index (χ1) is 12.3. The summed E-state index contributed by atoms with van der Waals surface area (Å²) in [5.74, 6) is 0.793. The average molecular weight is 342 g/mol. The van der Waals surface area contributed by atoms with E-state index in [0.717, 1.165) is 49.8 Å². The molecule has 1 aliphatic heterocycles. The lowest BCUT2D eigenvalue weighted by molar-refractivity contribution is -0.120. The fourth-order valence-electron chi connectivity index (χ4n) is 3.98. The summed E-state index contributed by atoms with van der Waals surface area (Å²) in [6.45, 7) is 4.16. The van der Waals surface area contributed by atoms with Gasteiger partial charge < -0.3 is 10.2 Å². The standard InChI is InChI=1S/C18H26N6O/c25-18(14-6-2-1-3-7-14)22-16-15-12-21-24(17(15)20-13-19-16)11-10-23-8-4-5-9-23/h12-14H,1-11H2,(H,19,20,22,25). The van der Waals surface area contributed by atoms with Gasteiger partial charge in [0.15, 0.2) is 5.65 Å². The van der Waals surface area contributed by atoms with Crippen molar-refractivity contribution in [3.05, 3.63) is 12.5 Å². The van der Waals surface area contributed by atoms with Gasteiger partial charge in [-0.25, -0.2) is 14.6 Å². The number of aromatic nitrogens is 4. The van der Waals surface area contributed by atoms with Gasteiger partial charge in [-0.05, 0) is 38.8 Å². The number of fused-ring (bicyclic) bond motifs is 1. The summed E-state index contributed by atoms with van der Waals surface area (Å²) in [5.41, 5.74) is 0.799. The number of likely N-dealkylation sites (tertiary alicyclic amines) is 1. The number of amides is 1. The summed E-state index contributed by atoms with van der Waals surface area (Å²) >= 11 is 0. The first kappa shape index (κ1) is 16.4. The Morgan fingerprint density at radius 1 is 1.08 bits per heavy atom. The van der Waals surface area contributed by atoms with Crippen molar-refractivity contribution in [2.24, 2.45) is 5.92 Å². The minimum atomic E-state index is 0.0875. The summed E-state index contributed by atoms with van der Waals surface area (Å²) in [5, 5.41) is 8.31. The van der Waals surface area contributed by atoms with E-state index in [4.69, 9.17) is 0 Å². The van der Waals surface area contributed by atoms with Gasteiger partial charge in [-0.3, -0.25) is 4.79 Å². The van der Waals surface area contributed by atoms with E-state index in [-0.39, 0.29) is 11.8 Å². The molecule has 1 N–H and O–H groups in total. The zero-order valence-corrected chi connectivity index (χ0v) is 14.7. The predicted molar refractivity (Wildman–Crippen MR) is 96.2 cm³/mol. The van der Waals surface area contributed by atoms with Gasteiger partial charge in [-0.15, -0.1) is 0 Å². The number of rotatable bonds is 5. The topological polar surface area (TPSA) is 75.9 Å². The normalized spacial score (nSPS) is 19.5. The van der Waals surface area contributed by atoms with Gasteiger partial charge >= 0.3 is 0 Å². The zero-order valence-electron chi connectivity index (χ0n) is 14.7. The molecule has 1 saturated carbocycles. The van der Waals surface area contributed by atoms with Gasteiger partial charge in [0.1, 0.15) is 12.1 Å². The van der Waals surface area contributed by atoms with Crippen LogP contribution in [0.2, 0.25) is 0 Å². The number of hydrogen-bond donors (Lipinski definition) is 1. The maximum absolute atomic E-state index is 12.5. The summed E-state index contributed by atoms with van der Waals surface area (Å²) in [7, 11) is 0. The second-order valence-electron chi connectivity index (χ2n) is 7.20. The van der Waals surface area contributed by atoms with Gasteiger partial charge in [-0.1, -0.05) is 19.3 Å². The van der Waals surface area contributed by atoms with Crippen molar-refractivity contribution in [2.45, 2.75) is 51.5 Å². The van der Waals surface area contributed by atoms with Crippen LogP contribution >= 0.6 is 0 Å². The van der Waals surface area contributed by atoms with Crippen LogP contribution < -0.4 is 5.32 Å². The third kappa shape index (κ3) is 3.66. The number of hydrogen-bond acceptors (Lipinski definition) is 5. The van der Waals surface area contributed by atoms with Crippen LogP contribution in [-0.2, 0) is 11.3 Å². The molecule has 25 heavy (non-hydrogen) atoms. The molecule has 2 aromatic rings. The van der Waals surface area contributed by atoms with Crippen molar-refractivity contribution >= 4 is 22.8 Å². The minimum absolute atomic E-state index is 0.0875. The molecule has 2 aromatic heterocycles. The second-order valence-corrected chi connectivity index (χ2v) is 7.20. The Kier molecular flexibility index (Phi) is 4.92. The molecule has 2 aliphatic rings. The Bertz CT molecular complexity index is 730. The fourth-order valence-corrected chi connectivity index (χ4v) is 3.98. The molecule has 3 heterocycles. The van der Waals surface area contributed by atoms with E-state index < -0.39 is 0 Å². The lowest BCUT2D eigenvalue weighted by Crippen LogP contribution is -2.25. The van der Waals surface area contributed by atoms with Crippen LogP contribution in [0.15, 0.2) is 12.5 Å². The smallest absolute Gasteiger partial charge is 0.228 e. The number of nitrogens with one attached hydrogen (secondary N) is 1. The first-order valence-corrected chi connectivity index (χ1v) is 9.51. The molecule has 0 spiro atoms. The van der Waals surface area contributed by atoms with Crippen molar-refractivity contribution in [2.75, 3.05) is 25.0 Å². The third-order valence-electron chi connectivity index (χ3n) is 5.48. The molecule has 0 atom stereocenters. The van der Waals surface area contributed by atoms with Crippen molar-refractivity contribution < 1.29 is 4.79 Å². The van der Waals surface area contributed by atoms with Crippen LogP contribution in [0.25, 0.3) is 11.0 Å². The van der Waals surface area contributed by atoms with Crippen LogP contribution in [0.4, 0.5) is 5.82 Å². The largest absolute Gasteiger partial charge is 0.310 e. The molecule has 7 heteroatoms. The zero-order chi connectivity index (χ0) is 17.1. The predicted octanol–water partition coefficient (Wildman–Crippen LogP) is 2.44. The molecule has 2 fully saturated rings. The number of nitrogens with zero attached hydrogens (tertiary/aromatic N) is 5. The van der Waals surface area contributed by atoms with Crippen molar-refractivity contribution in [1.82, 2.24) is 24.6 Å². The summed E-state index contributed by atoms with van der Waals surface area (Å²) in [4.78, 5) is 23.6. The van der Waals surface area contributed by atoms with Crippen LogP contribution in [0.5, 0.6) is 0 Å². The highest BCUT2D eigenvalue weighted by atomic mass is 16.1. The number of anilines is 1. The van der Waals surface area contributed by atoms with E-state index in [2.05, 4.69) is 25.3 Å².